The van der Waals surface area contributed by atoms with Gasteiger partial charge in [-0.3, -0.25) is 4.90 Å². The summed E-state index contributed by atoms with van der Waals surface area (Å²) in [5.41, 5.74) is 1.16. The molecule has 148 valence electrons. The number of rotatable bonds is 9. The van der Waals surface area contributed by atoms with Gasteiger partial charge >= 0.3 is 0 Å². The van der Waals surface area contributed by atoms with Gasteiger partial charge in [0.15, 0.2) is 11.6 Å². The predicted octanol–water partition coefficient (Wildman–Crippen LogP) is 5.83. The average Bonchev–Trinajstić information content (AvgIpc) is 3.54. The Morgan fingerprint density at radius 2 is 1.86 bits per heavy atom. The first-order chi connectivity index (χ1) is 13.5. The first kappa shape index (κ1) is 20.5. The van der Waals surface area contributed by atoms with Crippen LogP contribution in [0.15, 0.2) is 48.5 Å². The van der Waals surface area contributed by atoms with Crippen molar-refractivity contribution in [3.63, 3.8) is 0 Å². The van der Waals surface area contributed by atoms with E-state index < -0.39 is 17.0 Å². The van der Waals surface area contributed by atoms with Gasteiger partial charge in [0.1, 0.15) is 0 Å². The van der Waals surface area contributed by atoms with E-state index >= 15 is 0 Å². The molecule has 2 aromatic rings. The Kier molecular flexibility index (Phi) is 6.46. The molecule has 3 rings (SSSR count). The van der Waals surface area contributed by atoms with Crippen LogP contribution >= 0.6 is 0 Å². The average molecular weight is 382 g/mol. The first-order valence-electron chi connectivity index (χ1n) is 10.1. The van der Waals surface area contributed by atoms with Gasteiger partial charge in [-0.05, 0) is 68.3 Å². The summed E-state index contributed by atoms with van der Waals surface area (Å²) in [5, 5.41) is 10.1. The van der Waals surface area contributed by atoms with Gasteiger partial charge < -0.3 is 0 Å². The summed E-state index contributed by atoms with van der Waals surface area (Å²) in [6.45, 7) is 3.02. The molecule has 1 fully saturated rings. The molecule has 1 aliphatic carbocycles. The molecule has 28 heavy (non-hydrogen) atoms. The second-order valence-electron chi connectivity index (χ2n) is 7.99. The number of benzene rings is 2. The highest BCUT2D eigenvalue weighted by Crippen LogP contribution is 2.50. The van der Waals surface area contributed by atoms with Crippen molar-refractivity contribution < 1.29 is 8.78 Å². The number of halogens is 2. The van der Waals surface area contributed by atoms with Crippen molar-refractivity contribution in [3.8, 4) is 6.07 Å². The fraction of sp³-hybridized carbons (Fsp3) is 0.458. The van der Waals surface area contributed by atoms with E-state index in [1.807, 2.05) is 18.2 Å². The molecule has 0 bridgehead atoms. The number of nitrogens with zero attached hydrogens (tertiary/aromatic N) is 2. The second kappa shape index (κ2) is 8.84. The lowest BCUT2D eigenvalue weighted by Gasteiger charge is -2.33. The fourth-order valence-corrected chi connectivity index (χ4v) is 4.28. The maximum atomic E-state index is 13.9. The maximum absolute atomic E-state index is 13.9. The number of hydrogen-bond donors (Lipinski definition) is 0. The summed E-state index contributed by atoms with van der Waals surface area (Å²) in [5.74, 6) is -1.49. The Hall–Kier alpha value is -2.25. The minimum atomic E-state index is -0.869. The third-order valence-electron chi connectivity index (χ3n) is 6.15. The van der Waals surface area contributed by atoms with Gasteiger partial charge in [-0.15, -0.1) is 0 Å². The van der Waals surface area contributed by atoms with E-state index in [4.69, 9.17) is 0 Å². The van der Waals surface area contributed by atoms with E-state index in [2.05, 4.69) is 37.1 Å². The maximum Gasteiger partial charge on any atom is 0.159 e. The monoisotopic (exact) mass is 382 g/mol. The SMILES string of the molecule is CCC(CCC(C#N)(c1ccc(F)c(F)c1)C1CC1)N(C)Cc1ccccc1. The fourth-order valence-electron chi connectivity index (χ4n) is 4.28. The molecule has 0 saturated heterocycles. The molecule has 1 aliphatic rings. The molecule has 2 nitrogen and oxygen atoms in total. The second-order valence-corrected chi connectivity index (χ2v) is 7.99. The summed E-state index contributed by atoms with van der Waals surface area (Å²) in [4.78, 5) is 2.33. The van der Waals surface area contributed by atoms with Crippen molar-refractivity contribution in [2.75, 3.05) is 7.05 Å². The van der Waals surface area contributed by atoms with Crippen LogP contribution in [0.1, 0.15) is 50.2 Å². The first-order valence-corrected chi connectivity index (χ1v) is 10.1. The minimum Gasteiger partial charge on any atom is -0.299 e. The molecule has 0 heterocycles. The normalized spacial score (nSPS) is 17.1. The van der Waals surface area contributed by atoms with Crippen molar-refractivity contribution in [2.24, 2.45) is 5.92 Å². The molecule has 0 aliphatic heterocycles. The lowest BCUT2D eigenvalue weighted by molar-refractivity contribution is 0.201. The lowest BCUT2D eigenvalue weighted by Crippen LogP contribution is -2.34. The molecule has 0 amide bonds. The van der Waals surface area contributed by atoms with Crippen LogP contribution in [0.4, 0.5) is 8.78 Å². The van der Waals surface area contributed by atoms with Gasteiger partial charge in [-0.2, -0.15) is 5.26 Å². The topological polar surface area (TPSA) is 27.0 Å². The third-order valence-corrected chi connectivity index (χ3v) is 6.15. The predicted molar refractivity (Wildman–Crippen MR) is 108 cm³/mol. The molecule has 2 unspecified atom stereocenters. The van der Waals surface area contributed by atoms with Gasteiger partial charge in [0, 0.05) is 12.6 Å². The van der Waals surface area contributed by atoms with E-state index in [1.54, 1.807) is 6.07 Å². The van der Waals surface area contributed by atoms with Gasteiger partial charge in [-0.25, -0.2) is 8.78 Å². The van der Waals surface area contributed by atoms with Crippen molar-refractivity contribution >= 4 is 0 Å². The van der Waals surface area contributed by atoms with Crippen LogP contribution in [0, 0.1) is 28.9 Å². The Morgan fingerprint density at radius 3 is 2.43 bits per heavy atom. The van der Waals surface area contributed by atoms with Crippen molar-refractivity contribution in [3.05, 3.63) is 71.3 Å². The van der Waals surface area contributed by atoms with Crippen LogP contribution in [-0.2, 0) is 12.0 Å². The Balaban J connectivity index is 1.75. The lowest BCUT2D eigenvalue weighted by atomic mass is 9.73. The summed E-state index contributed by atoms with van der Waals surface area (Å²) in [6, 6.07) is 17.1. The van der Waals surface area contributed by atoms with E-state index in [9.17, 15) is 14.0 Å². The molecular formula is C24H28F2N2. The molecule has 2 atom stereocenters. The smallest absolute Gasteiger partial charge is 0.159 e. The van der Waals surface area contributed by atoms with Gasteiger partial charge in [-0.1, -0.05) is 43.3 Å². The highest BCUT2D eigenvalue weighted by atomic mass is 19.2. The zero-order valence-corrected chi connectivity index (χ0v) is 16.7. The summed E-state index contributed by atoms with van der Waals surface area (Å²) < 4.78 is 27.3. The van der Waals surface area contributed by atoms with Crippen LogP contribution in [0.3, 0.4) is 0 Å². The zero-order chi connectivity index (χ0) is 20.1. The van der Waals surface area contributed by atoms with Crippen LogP contribution in [0.2, 0.25) is 0 Å². The molecule has 0 spiro atoms. The molecule has 4 heteroatoms. The van der Waals surface area contributed by atoms with Gasteiger partial charge in [0.05, 0.1) is 11.5 Å². The zero-order valence-electron chi connectivity index (χ0n) is 16.7. The summed E-state index contributed by atoms with van der Waals surface area (Å²) >= 11 is 0. The van der Waals surface area contributed by atoms with Crippen molar-refractivity contribution in [2.45, 2.75) is 57.0 Å². The molecule has 1 saturated carbocycles. The Labute approximate surface area is 166 Å². The van der Waals surface area contributed by atoms with Crippen LogP contribution in [0.5, 0.6) is 0 Å². The summed E-state index contributed by atoms with van der Waals surface area (Å²) in [6.07, 6.45) is 4.44. The largest absolute Gasteiger partial charge is 0.299 e. The Bertz CT molecular complexity index is 826. The van der Waals surface area contributed by atoms with E-state index in [0.717, 1.165) is 38.3 Å². The summed E-state index contributed by atoms with van der Waals surface area (Å²) in [7, 11) is 2.11. The van der Waals surface area contributed by atoms with E-state index in [-0.39, 0.29) is 5.92 Å². The highest BCUT2D eigenvalue weighted by molar-refractivity contribution is 5.36. The van der Waals surface area contributed by atoms with Gasteiger partial charge in [0.25, 0.3) is 0 Å². The van der Waals surface area contributed by atoms with Gasteiger partial charge in [0.2, 0.25) is 0 Å². The van der Waals surface area contributed by atoms with Crippen LogP contribution in [-0.4, -0.2) is 18.0 Å². The molecule has 2 aromatic carbocycles. The molecule has 0 aromatic heterocycles. The highest BCUT2D eigenvalue weighted by Gasteiger charge is 2.47. The van der Waals surface area contributed by atoms with E-state index in [1.165, 1.54) is 11.6 Å². The quantitative estimate of drug-likeness (QED) is 0.546. The Morgan fingerprint density at radius 1 is 1.14 bits per heavy atom. The minimum absolute atomic E-state index is 0.235. The third kappa shape index (κ3) is 4.42. The standard InChI is InChI=1S/C24H28F2N2/c1-3-21(28(2)16-18-7-5-4-6-8-18)13-14-24(17-27,19-9-10-19)20-11-12-22(25)23(26)15-20/h4-8,11-12,15,19,21H,3,9-10,13-14,16H2,1-2H3. The van der Waals surface area contributed by atoms with Crippen LogP contribution < -0.4 is 0 Å². The number of hydrogen-bond acceptors (Lipinski definition) is 2. The molecule has 0 radical (unpaired) electrons. The van der Waals surface area contributed by atoms with Crippen molar-refractivity contribution in [1.29, 1.82) is 5.26 Å². The van der Waals surface area contributed by atoms with E-state index in [0.29, 0.717) is 18.0 Å². The molecule has 0 N–H and O–H groups in total. The van der Waals surface area contributed by atoms with Crippen molar-refractivity contribution in [1.82, 2.24) is 4.90 Å². The number of nitriles is 1. The molecular weight excluding hydrogens is 354 g/mol. The van der Waals surface area contributed by atoms with Crippen LogP contribution in [0.25, 0.3) is 0 Å².